The van der Waals surface area contributed by atoms with Gasteiger partial charge in [-0.3, -0.25) is 4.99 Å². The minimum atomic E-state index is -3.48. The molecule has 8 nitrogen and oxygen atoms in total. The van der Waals surface area contributed by atoms with Crippen molar-refractivity contribution in [2.45, 2.75) is 4.21 Å². The van der Waals surface area contributed by atoms with E-state index < -0.39 is 10.0 Å². The molecule has 0 atom stereocenters. The average Bonchev–Trinajstić information content (AvgIpc) is 3.14. The number of benzene rings is 1. The molecule has 0 radical (unpaired) electrons. The van der Waals surface area contributed by atoms with E-state index in [1.54, 1.807) is 49.9 Å². The van der Waals surface area contributed by atoms with E-state index in [0.717, 1.165) is 11.3 Å². The summed E-state index contributed by atoms with van der Waals surface area (Å²) >= 11 is 1.16. The number of aliphatic imine (C=N–C) groups is 1. The molecule has 0 spiro atoms. The third-order valence-corrected chi connectivity index (χ3v) is 5.96. The summed E-state index contributed by atoms with van der Waals surface area (Å²) in [6.45, 7) is 0.352. The SMILES string of the molecule is COc1ccc(NC(N)=NCCNS(=O)(=O)c2cccs2)cc1OC. The molecule has 0 amide bonds. The van der Waals surface area contributed by atoms with Crippen LogP contribution in [-0.2, 0) is 10.0 Å². The average molecular weight is 384 g/mol. The molecular weight excluding hydrogens is 364 g/mol. The first-order valence-corrected chi connectivity index (χ1v) is 9.64. The van der Waals surface area contributed by atoms with Crippen molar-refractivity contribution in [1.29, 1.82) is 0 Å². The van der Waals surface area contributed by atoms with E-state index in [9.17, 15) is 8.42 Å². The van der Waals surface area contributed by atoms with E-state index in [0.29, 0.717) is 17.2 Å². The van der Waals surface area contributed by atoms with E-state index in [1.165, 1.54) is 0 Å². The van der Waals surface area contributed by atoms with Gasteiger partial charge in [-0.25, -0.2) is 13.1 Å². The molecule has 0 saturated carbocycles. The normalized spacial score (nSPS) is 12.0. The van der Waals surface area contributed by atoms with Crippen LogP contribution in [0, 0.1) is 0 Å². The summed E-state index contributed by atoms with van der Waals surface area (Å²) in [5.41, 5.74) is 6.48. The molecule has 0 unspecified atom stereocenters. The maximum absolute atomic E-state index is 11.9. The van der Waals surface area contributed by atoms with Gasteiger partial charge < -0.3 is 20.5 Å². The molecule has 0 saturated heterocycles. The molecule has 0 bridgehead atoms. The molecule has 1 aromatic heterocycles. The smallest absolute Gasteiger partial charge is 0.250 e. The molecule has 25 heavy (non-hydrogen) atoms. The second-order valence-electron chi connectivity index (χ2n) is 4.79. The lowest BCUT2D eigenvalue weighted by atomic mass is 10.3. The molecule has 4 N–H and O–H groups in total. The number of hydrogen-bond acceptors (Lipinski definition) is 6. The fraction of sp³-hybridized carbons (Fsp3) is 0.267. The molecule has 2 rings (SSSR count). The predicted molar refractivity (Wildman–Crippen MR) is 99.2 cm³/mol. The van der Waals surface area contributed by atoms with Gasteiger partial charge in [-0.1, -0.05) is 6.07 Å². The van der Waals surface area contributed by atoms with Crippen molar-refractivity contribution < 1.29 is 17.9 Å². The topological polar surface area (TPSA) is 115 Å². The molecule has 0 fully saturated rings. The summed E-state index contributed by atoms with van der Waals surface area (Å²) in [7, 11) is -0.389. The number of nitrogens with one attached hydrogen (secondary N) is 2. The zero-order chi connectivity index (χ0) is 18.3. The molecule has 2 aromatic rings. The summed E-state index contributed by atoms with van der Waals surface area (Å²) < 4.78 is 37.0. The maximum Gasteiger partial charge on any atom is 0.250 e. The van der Waals surface area contributed by atoms with Crippen LogP contribution < -0.4 is 25.2 Å². The van der Waals surface area contributed by atoms with Gasteiger partial charge in [-0.05, 0) is 23.6 Å². The quantitative estimate of drug-likeness (QED) is 0.361. The Hall–Kier alpha value is -2.30. The molecule has 10 heteroatoms. The summed E-state index contributed by atoms with van der Waals surface area (Å²) in [6, 6.07) is 8.46. The zero-order valence-electron chi connectivity index (χ0n) is 13.9. The number of ether oxygens (including phenoxy) is 2. The molecule has 0 aliphatic rings. The molecule has 0 aliphatic heterocycles. The van der Waals surface area contributed by atoms with Crippen LogP contribution in [0.1, 0.15) is 0 Å². The third-order valence-electron chi connectivity index (χ3n) is 3.10. The van der Waals surface area contributed by atoms with Gasteiger partial charge in [0.2, 0.25) is 10.0 Å². The van der Waals surface area contributed by atoms with Crippen molar-refractivity contribution in [2.75, 3.05) is 32.6 Å². The van der Waals surface area contributed by atoms with Crippen LogP contribution in [0.3, 0.4) is 0 Å². The monoisotopic (exact) mass is 384 g/mol. The second kappa shape index (κ2) is 8.70. The van der Waals surface area contributed by atoms with Crippen LogP contribution in [0.4, 0.5) is 5.69 Å². The lowest BCUT2D eigenvalue weighted by Crippen LogP contribution is -2.28. The highest BCUT2D eigenvalue weighted by Gasteiger charge is 2.13. The largest absolute Gasteiger partial charge is 0.493 e. The van der Waals surface area contributed by atoms with Crippen molar-refractivity contribution in [3.05, 3.63) is 35.7 Å². The van der Waals surface area contributed by atoms with Gasteiger partial charge in [-0.15, -0.1) is 11.3 Å². The lowest BCUT2D eigenvalue weighted by Gasteiger charge is -2.11. The van der Waals surface area contributed by atoms with Gasteiger partial charge in [0.15, 0.2) is 17.5 Å². The third kappa shape index (κ3) is 5.34. The fourth-order valence-electron chi connectivity index (χ4n) is 1.95. The van der Waals surface area contributed by atoms with Crippen molar-refractivity contribution in [3.63, 3.8) is 0 Å². The first-order chi connectivity index (χ1) is 12.0. The Bertz CT molecular complexity index is 820. The molecule has 1 heterocycles. The van der Waals surface area contributed by atoms with Gasteiger partial charge in [0.05, 0.1) is 20.8 Å². The molecule has 1 aromatic carbocycles. The number of rotatable bonds is 8. The highest BCUT2D eigenvalue weighted by molar-refractivity contribution is 7.91. The van der Waals surface area contributed by atoms with E-state index >= 15 is 0 Å². The lowest BCUT2D eigenvalue weighted by molar-refractivity contribution is 0.355. The number of hydrogen-bond donors (Lipinski definition) is 3. The highest BCUT2D eigenvalue weighted by atomic mass is 32.2. The highest BCUT2D eigenvalue weighted by Crippen LogP contribution is 2.29. The van der Waals surface area contributed by atoms with Crippen LogP contribution >= 0.6 is 11.3 Å². The van der Waals surface area contributed by atoms with Crippen LogP contribution in [0.5, 0.6) is 11.5 Å². The Balaban J connectivity index is 1.88. The number of nitrogens with two attached hydrogens (primary N) is 1. The summed E-state index contributed by atoms with van der Waals surface area (Å²) in [5.74, 6) is 1.33. The van der Waals surface area contributed by atoms with Crippen molar-refractivity contribution in [1.82, 2.24) is 4.72 Å². The van der Waals surface area contributed by atoms with Gasteiger partial charge in [0.25, 0.3) is 0 Å². The van der Waals surface area contributed by atoms with Gasteiger partial charge >= 0.3 is 0 Å². The number of sulfonamides is 1. The van der Waals surface area contributed by atoms with Crippen molar-refractivity contribution in [3.8, 4) is 11.5 Å². The van der Waals surface area contributed by atoms with Gasteiger partial charge in [0, 0.05) is 18.3 Å². The van der Waals surface area contributed by atoms with Gasteiger partial charge in [0.1, 0.15) is 4.21 Å². The number of thiophene rings is 1. The standard InChI is InChI=1S/C15H20N4O4S2/c1-22-12-6-5-11(10-13(12)23-2)19-15(16)17-7-8-18-25(20,21)14-4-3-9-24-14/h3-6,9-10,18H,7-8H2,1-2H3,(H3,16,17,19). The van der Waals surface area contributed by atoms with Crippen LogP contribution in [-0.4, -0.2) is 41.7 Å². The molecule has 136 valence electrons. The Kier molecular flexibility index (Phi) is 6.62. The summed E-state index contributed by atoms with van der Waals surface area (Å²) in [5, 5.41) is 4.62. The van der Waals surface area contributed by atoms with Crippen molar-refractivity contribution >= 4 is 33.0 Å². The number of guanidine groups is 1. The number of methoxy groups -OCH3 is 2. The van der Waals surface area contributed by atoms with Gasteiger partial charge in [-0.2, -0.15) is 0 Å². The van der Waals surface area contributed by atoms with Crippen LogP contribution in [0.15, 0.2) is 44.9 Å². The first kappa shape index (κ1) is 19.0. The minimum Gasteiger partial charge on any atom is -0.493 e. The number of anilines is 1. The van der Waals surface area contributed by atoms with Crippen molar-refractivity contribution in [2.24, 2.45) is 10.7 Å². The minimum absolute atomic E-state index is 0.147. The van der Waals surface area contributed by atoms with E-state index in [-0.39, 0.29) is 23.3 Å². The Labute approximate surface area is 150 Å². The van der Waals surface area contributed by atoms with E-state index in [1.807, 2.05) is 0 Å². The fourth-order valence-corrected chi connectivity index (χ4v) is 4.00. The Morgan fingerprint density at radius 3 is 2.64 bits per heavy atom. The maximum atomic E-state index is 11.9. The Morgan fingerprint density at radius 1 is 1.24 bits per heavy atom. The van der Waals surface area contributed by atoms with Crippen LogP contribution in [0.2, 0.25) is 0 Å². The predicted octanol–water partition coefficient (Wildman–Crippen LogP) is 1.47. The molecular formula is C15H20N4O4S2. The number of nitrogens with zero attached hydrogens (tertiary/aromatic N) is 1. The second-order valence-corrected chi connectivity index (χ2v) is 7.73. The van der Waals surface area contributed by atoms with E-state index in [2.05, 4.69) is 15.0 Å². The first-order valence-electron chi connectivity index (χ1n) is 7.28. The summed E-state index contributed by atoms with van der Waals surface area (Å²) in [4.78, 5) is 4.09. The van der Waals surface area contributed by atoms with Crippen LogP contribution in [0.25, 0.3) is 0 Å². The molecule has 0 aliphatic carbocycles. The van der Waals surface area contributed by atoms with E-state index in [4.69, 9.17) is 15.2 Å². The Morgan fingerprint density at radius 2 is 2.00 bits per heavy atom. The zero-order valence-corrected chi connectivity index (χ0v) is 15.5. The summed E-state index contributed by atoms with van der Waals surface area (Å²) in [6.07, 6.45) is 0.